The van der Waals surface area contributed by atoms with Crippen LogP contribution in [-0.4, -0.2) is 26.1 Å². The minimum Gasteiger partial charge on any atom is -0.354 e. The largest absolute Gasteiger partial charge is 0.354 e. The molecule has 2 aromatic heterocycles. The lowest BCUT2D eigenvalue weighted by Crippen LogP contribution is -2.26. The summed E-state index contributed by atoms with van der Waals surface area (Å²) in [6.07, 6.45) is 9.31. The summed E-state index contributed by atoms with van der Waals surface area (Å²) in [5.41, 5.74) is 0. The molecule has 2 aromatic rings. The second kappa shape index (κ2) is 4.94. The average Bonchev–Trinajstić information content (AvgIpc) is 2.85. The van der Waals surface area contributed by atoms with Gasteiger partial charge in [0.15, 0.2) is 0 Å². The van der Waals surface area contributed by atoms with Gasteiger partial charge in [0, 0.05) is 31.9 Å². The van der Waals surface area contributed by atoms with E-state index >= 15 is 0 Å². The molecule has 1 aliphatic heterocycles. The van der Waals surface area contributed by atoms with Crippen LogP contribution in [0.15, 0.2) is 24.8 Å². The number of nitrogens with one attached hydrogen (secondary N) is 1. The number of rotatable bonds is 3. The van der Waals surface area contributed by atoms with E-state index in [-0.39, 0.29) is 0 Å². The van der Waals surface area contributed by atoms with Crippen LogP contribution in [0.5, 0.6) is 0 Å². The molecule has 3 rings (SSSR count). The number of halogens is 1. The number of anilines is 1. The predicted molar refractivity (Wildman–Crippen MR) is 69.6 cm³/mol. The van der Waals surface area contributed by atoms with Crippen LogP contribution in [0.2, 0.25) is 5.02 Å². The van der Waals surface area contributed by atoms with E-state index in [1.54, 1.807) is 12.4 Å². The van der Waals surface area contributed by atoms with Gasteiger partial charge in [0.05, 0.1) is 17.4 Å². The number of aromatic nitrogens is 4. The van der Waals surface area contributed by atoms with Crippen LogP contribution in [0.25, 0.3) is 0 Å². The lowest BCUT2D eigenvalue weighted by atomic mass is 9.99. The molecule has 0 saturated carbocycles. The van der Waals surface area contributed by atoms with Crippen molar-refractivity contribution in [1.29, 1.82) is 0 Å². The second-order valence-electron chi connectivity index (χ2n) is 4.51. The van der Waals surface area contributed by atoms with Crippen LogP contribution >= 0.6 is 11.6 Å². The van der Waals surface area contributed by atoms with E-state index in [9.17, 15) is 0 Å². The van der Waals surface area contributed by atoms with Gasteiger partial charge < -0.3 is 9.88 Å². The summed E-state index contributed by atoms with van der Waals surface area (Å²) in [6, 6.07) is 0. The van der Waals surface area contributed by atoms with E-state index in [1.807, 2.05) is 12.4 Å². The van der Waals surface area contributed by atoms with E-state index < -0.39 is 0 Å². The van der Waals surface area contributed by atoms with Crippen LogP contribution < -0.4 is 5.32 Å². The molecular formula is C12H14ClN5. The zero-order valence-corrected chi connectivity index (χ0v) is 10.6. The van der Waals surface area contributed by atoms with Crippen LogP contribution in [0.3, 0.4) is 0 Å². The molecular weight excluding hydrogens is 250 g/mol. The molecule has 0 bridgehead atoms. The number of aryl methyl sites for hydroxylation is 1. The molecule has 0 aliphatic carbocycles. The van der Waals surface area contributed by atoms with E-state index in [1.165, 1.54) is 5.82 Å². The van der Waals surface area contributed by atoms with Gasteiger partial charge in [-0.1, -0.05) is 11.6 Å². The van der Waals surface area contributed by atoms with E-state index in [4.69, 9.17) is 11.6 Å². The smallest absolute Gasteiger partial charge is 0.222 e. The molecule has 0 aromatic carbocycles. The SMILES string of the molecule is Clc1cnc(NCC2CCc3nccn3C2)nc1. The summed E-state index contributed by atoms with van der Waals surface area (Å²) in [5.74, 6) is 2.41. The summed E-state index contributed by atoms with van der Waals surface area (Å²) >= 11 is 5.74. The van der Waals surface area contributed by atoms with Gasteiger partial charge in [-0.05, 0) is 12.3 Å². The van der Waals surface area contributed by atoms with Crippen molar-refractivity contribution in [2.24, 2.45) is 5.92 Å². The Morgan fingerprint density at radius 2 is 2.17 bits per heavy atom. The highest BCUT2D eigenvalue weighted by atomic mass is 35.5. The number of hydrogen-bond donors (Lipinski definition) is 1. The van der Waals surface area contributed by atoms with Gasteiger partial charge in [0.2, 0.25) is 5.95 Å². The molecule has 1 atom stereocenters. The molecule has 5 nitrogen and oxygen atoms in total. The fraction of sp³-hybridized carbons (Fsp3) is 0.417. The van der Waals surface area contributed by atoms with Crippen molar-refractivity contribution in [2.45, 2.75) is 19.4 Å². The van der Waals surface area contributed by atoms with Crippen LogP contribution in [0.4, 0.5) is 5.95 Å². The van der Waals surface area contributed by atoms with Gasteiger partial charge in [-0.15, -0.1) is 0 Å². The third-order valence-electron chi connectivity index (χ3n) is 3.20. The molecule has 1 N–H and O–H groups in total. The Balaban J connectivity index is 1.57. The minimum absolute atomic E-state index is 0.557. The molecule has 0 radical (unpaired) electrons. The number of hydrogen-bond acceptors (Lipinski definition) is 4. The first kappa shape index (κ1) is 11.5. The van der Waals surface area contributed by atoms with Crippen molar-refractivity contribution in [1.82, 2.24) is 19.5 Å². The molecule has 0 amide bonds. The molecule has 0 saturated heterocycles. The van der Waals surface area contributed by atoms with Gasteiger partial charge in [0.1, 0.15) is 5.82 Å². The Kier molecular flexibility index (Phi) is 3.15. The Labute approximate surface area is 110 Å². The molecule has 0 spiro atoms. The van der Waals surface area contributed by atoms with Crippen molar-refractivity contribution in [3.8, 4) is 0 Å². The Morgan fingerprint density at radius 1 is 1.33 bits per heavy atom. The van der Waals surface area contributed by atoms with Crippen molar-refractivity contribution in [3.63, 3.8) is 0 Å². The minimum atomic E-state index is 0.557. The fourth-order valence-electron chi connectivity index (χ4n) is 2.24. The highest BCUT2D eigenvalue weighted by Gasteiger charge is 2.18. The first-order valence-corrected chi connectivity index (χ1v) is 6.40. The molecule has 18 heavy (non-hydrogen) atoms. The summed E-state index contributed by atoms with van der Waals surface area (Å²) in [6.45, 7) is 1.88. The summed E-state index contributed by atoms with van der Waals surface area (Å²) in [4.78, 5) is 12.6. The monoisotopic (exact) mass is 263 g/mol. The fourth-order valence-corrected chi connectivity index (χ4v) is 2.34. The van der Waals surface area contributed by atoms with Gasteiger partial charge >= 0.3 is 0 Å². The second-order valence-corrected chi connectivity index (χ2v) is 4.94. The third kappa shape index (κ3) is 2.46. The van der Waals surface area contributed by atoms with Gasteiger partial charge in [0.25, 0.3) is 0 Å². The Bertz CT molecular complexity index is 522. The summed E-state index contributed by atoms with van der Waals surface area (Å²) < 4.78 is 2.22. The maximum atomic E-state index is 5.74. The van der Waals surface area contributed by atoms with Gasteiger partial charge in [-0.3, -0.25) is 0 Å². The normalized spacial score (nSPS) is 18.4. The molecule has 0 fully saturated rings. The number of nitrogens with zero attached hydrogens (tertiary/aromatic N) is 4. The van der Waals surface area contributed by atoms with E-state index in [0.29, 0.717) is 16.9 Å². The number of imidazole rings is 1. The van der Waals surface area contributed by atoms with E-state index in [2.05, 4.69) is 24.8 Å². The molecule has 1 aliphatic rings. The first-order chi connectivity index (χ1) is 8.81. The van der Waals surface area contributed by atoms with Crippen molar-refractivity contribution >= 4 is 17.5 Å². The maximum Gasteiger partial charge on any atom is 0.222 e. The van der Waals surface area contributed by atoms with Crippen molar-refractivity contribution in [3.05, 3.63) is 35.6 Å². The molecule has 6 heteroatoms. The molecule has 94 valence electrons. The quantitative estimate of drug-likeness (QED) is 0.920. The van der Waals surface area contributed by atoms with Crippen molar-refractivity contribution in [2.75, 3.05) is 11.9 Å². The van der Waals surface area contributed by atoms with E-state index in [0.717, 1.165) is 25.9 Å². The maximum absolute atomic E-state index is 5.74. The topological polar surface area (TPSA) is 55.6 Å². The molecule has 3 heterocycles. The van der Waals surface area contributed by atoms with Crippen LogP contribution in [0.1, 0.15) is 12.2 Å². The highest BCUT2D eigenvalue weighted by molar-refractivity contribution is 6.30. The molecule has 1 unspecified atom stereocenters. The van der Waals surface area contributed by atoms with Crippen LogP contribution in [0, 0.1) is 5.92 Å². The van der Waals surface area contributed by atoms with Gasteiger partial charge in [-0.2, -0.15) is 0 Å². The Morgan fingerprint density at radius 3 is 3.00 bits per heavy atom. The predicted octanol–water partition coefficient (Wildman–Crippen LogP) is 2.00. The van der Waals surface area contributed by atoms with Gasteiger partial charge in [-0.25, -0.2) is 15.0 Å². The zero-order valence-electron chi connectivity index (χ0n) is 9.88. The standard InChI is InChI=1S/C12H14ClN5/c13-10-6-16-12(17-7-10)15-5-9-1-2-11-14-3-4-18(11)8-9/h3-4,6-7,9H,1-2,5,8H2,(H,15,16,17). The lowest BCUT2D eigenvalue weighted by Gasteiger charge is -2.23. The summed E-state index contributed by atoms with van der Waals surface area (Å²) in [7, 11) is 0. The third-order valence-corrected chi connectivity index (χ3v) is 3.40. The number of fused-ring (bicyclic) bond motifs is 1. The lowest BCUT2D eigenvalue weighted by molar-refractivity contribution is 0.380. The average molecular weight is 264 g/mol. The Hall–Kier alpha value is -1.62. The summed E-state index contributed by atoms with van der Waals surface area (Å²) in [5, 5.41) is 3.81. The zero-order chi connectivity index (χ0) is 12.4. The highest BCUT2D eigenvalue weighted by Crippen LogP contribution is 2.18. The van der Waals surface area contributed by atoms with Crippen LogP contribution in [-0.2, 0) is 13.0 Å². The van der Waals surface area contributed by atoms with Crippen molar-refractivity contribution < 1.29 is 0 Å². The first-order valence-electron chi connectivity index (χ1n) is 6.02.